The average molecular weight is 437 g/mol. The molecule has 1 saturated heterocycles. The Morgan fingerprint density at radius 2 is 2.00 bits per heavy atom. The quantitative estimate of drug-likeness (QED) is 0.510. The van der Waals surface area contributed by atoms with Gasteiger partial charge in [-0.25, -0.2) is 0 Å². The molecule has 2 fully saturated rings. The molecule has 0 aromatic rings. The van der Waals surface area contributed by atoms with E-state index in [1.54, 1.807) is 0 Å². The first-order valence-corrected chi connectivity index (χ1v) is 12.8. The van der Waals surface area contributed by atoms with Crippen molar-refractivity contribution in [2.75, 3.05) is 32.8 Å². The summed E-state index contributed by atoms with van der Waals surface area (Å²) in [6.07, 6.45) is 14.0. The number of aliphatic hydroxyl groups is 1. The van der Waals surface area contributed by atoms with Gasteiger partial charge in [0, 0.05) is 25.7 Å². The maximum Gasteiger partial charge on any atom is 0.0553 e. The average Bonchev–Trinajstić information content (AvgIpc) is 2.71. The highest BCUT2D eigenvalue weighted by molar-refractivity contribution is 6.22. The van der Waals surface area contributed by atoms with Gasteiger partial charge in [0.15, 0.2) is 0 Å². The lowest BCUT2D eigenvalue weighted by atomic mass is 9.69. The second-order valence-corrected chi connectivity index (χ2v) is 11.8. The summed E-state index contributed by atoms with van der Waals surface area (Å²) < 4.78 is 0. The Labute approximate surface area is 190 Å². The predicted octanol–water partition coefficient (Wildman–Crippen LogP) is 5.24. The number of hydrogen-bond donors (Lipinski definition) is 2. The van der Waals surface area contributed by atoms with Crippen molar-refractivity contribution in [1.29, 1.82) is 0 Å². The number of nitrogens with zero attached hydrogens (tertiary/aromatic N) is 1. The van der Waals surface area contributed by atoms with E-state index >= 15 is 0 Å². The van der Waals surface area contributed by atoms with Gasteiger partial charge in [-0.3, -0.25) is 0 Å². The van der Waals surface area contributed by atoms with Crippen molar-refractivity contribution in [2.24, 2.45) is 29.1 Å². The van der Waals surface area contributed by atoms with E-state index in [1.807, 2.05) is 0 Å². The van der Waals surface area contributed by atoms with Crippen molar-refractivity contribution < 1.29 is 5.11 Å². The smallest absolute Gasteiger partial charge is 0.0553 e. The van der Waals surface area contributed by atoms with Crippen LogP contribution in [-0.4, -0.2) is 54.2 Å². The molecule has 172 valence electrons. The predicted molar refractivity (Wildman–Crippen MR) is 129 cm³/mol. The highest BCUT2D eigenvalue weighted by Gasteiger charge is 2.38. The largest absolute Gasteiger partial charge is 0.396 e. The van der Waals surface area contributed by atoms with Crippen molar-refractivity contribution in [1.82, 2.24) is 10.2 Å². The van der Waals surface area contributed by atoms with Gasteiger partial charge in [0.25, 0.3) is 0 Å². The number of piperidine rings is 1. The van der Waals surface area contributed by atoms with Crippen molar-refractivity contribution in [3.05, 3.63) is 23.8 Å². The van der Waals surface area contributed by atoms with E-state index in [4.69, 9.17) is 11.6 Å². The maximum absolute atomic E-state index is 9.53. The molecular formula is C26H45ClN2O. The first kappa shape index (κ1) is 24.3. The van der Waals surface area contributed by atoms with Gasteiger partial charge in [-0.2, -0.15) is 0 Å². The summed E-state index contributed by atoms with van der Waals surface area (Å²) in [7, 11) is 0. The monoisotopic (exact) mass is 436 g/mol. The molecule has 5 atom stereocenters. The van der Waals surface area contributed by atoms with Crippen LogP contribution in [0.1, 0.15) is 66.2 Å². The molecular weight excluding hydrogens is 392 g/mol. The minimum absolute atomic E-state index is 0.173. The third-order valence-electron chi connectivity index (χ3n) is 7.86. The van der Waals surface area contributed by atoms with E-state index in [0.717, 1.165) is 32.0 Å². The third-order valence-corrected chi connectivity index (χ3v) is 8.19. The van der Waals surface area contributed by atoms with Crippen LogP contribution in [0.25, 0.3) is 0 Å². The highest BCUT2D eigenvalue weighted by Crippen LogP contribution is 2.41. The second kappa shape index (κ2) is 11.0. The molecule has 0 amide bonds. The van der Waals surface area contributed by atoms with E-state index in [9.17, 15) is 5.11 Å². The zero-order valence-electron chi connectivity index (χ0n) is 19.7. The second-order valence-electron chi connectivity index (χ2n) is 11.2. The number of allylic oxidation sites excluding steroid dienone is 4. The molecule has 1 aliphatic heterocycles. The number of alkyl halides is 1. The van der Waals surface area contributed by atoms with Gasteiger partial charge in [0.05, 0.1) is 5.38 Å². The van der Waals surface area contributed by atoms with Gasteiger partial charge in [-0.15, -0.1) is 11.6 Å². The summed E-state index contributed by atoms with van der Waals surface area (Å²) >= 11 is 6.25. The van der Waals surface area contributed by atoms with Crippen LogP contribution in [0.15, 0.2) is 23.8 Å². The zero-order valence-corrected chi connectivity index (χ0v) is 20.5. The van der Waals surface area contributed by atoms with Crippen LogP contribution in [0.3, 0.4) is 0 Å². The maximum atomic E-state index is 9.53. The van der Waals surface area contributed by atoms with Crippen LogP contribution in [0.5, 0.6) is 0 Å². The van der Waals surface area contributed by atoms with E-state index in [-0.39, 0.29) is 10.8 Å². The lowest BCUT2D eigenvalue weighted by molar-refractivity contribution is 0.0619. The highest BCUT2D eigenvalue weighted by atomic mass is 35.5. The molecule has 0 aromatic carbocycles. The standard InChI is InChI=1S/C26H45ClN2O/c1-19(2)25(28-15-20-6-5-7-21(14-20)17-30)16-29-13-12-24(26(3,4)18-29)22-8-10-23(27)11-9-22/h8-10,19-21,23-25,28,30H,5-7,11-18H2,1-4H3/t20-,21+,23?,24?,25+/m1/s1. The summed E-state index contributed by atoms with van der Waals surface area (Å²) in [6, 6.07) is 0.539. The van der Waals surface area contributed by atoms with Crippen LogP contribution < -0.4 is 5.32 Å². The normalized spacial score (nSPS) is 33.5. The van der Waals surface area contributed by atoms with Crippen molar-refractivity contribution >= 4 is 11.6 Å². The first-order chi connectivity index (χ1) is 14.3. The Bertz CT molecular complexity index is 600. The first-order valence-electron chi connectivity index (χ1n) is 12.4. The SMILES string of the molecule is CC(C)[C@H](CN1CCC(C2=CCC(Cl)C=C2)C(C)(C)C1)NC[C@@H]1CCC[C@H](CO)C1. The summed E-state index contributed by atoms with van der Waals surface area (Å²) in [4.78, 5) is 2.70. The fraction of sp³-hybridized carbons (Fsp3) is 0.846. The van der Waals surface area contributed by atoms with Gasteiger partial charge in [-0.05, 0) is 79.9 Å². The Balaban J connectivity index is 1.52. The topological polar surface area (TPSA) is 35.5 Å². The van der Waals surface area contributed by atoms with Crippen LogP contribution in [0.4, 0.5) is 0 Å². The van der Waals surface area contributed by atoms with Crippen LogP contribution in [-0.2, 0) is 0 Å². The molecule has 0 radical (unpaired) electrons. The van der Waals surface area contributed by atoms with E-state index < -0.39 is 0 Å². The van der Waals surface area contributed by atoms with E-state index in [2.05, 4.69) is 56.1 Å². The minimum atomic E-state index is 0.173. The fourth-order valence-corrected chi connectivity index (χ4v) is 6.13. The summed E-state index contributed by atoms with van der Waals surface area (Å²) in [5.74, 6) is 2.53. The van der Waals surface area contributed by atoms with E-state index in [1.165, 1.54) is 44.2 Å². The molecule has 0 spiro atoms. The van der Waals surface area contributed by atoms with Gasteiger partial charge in [0.2, 0.25) is 0 Å². The molecule has 3 rings (SSSR count). The van der Waals surface area contributed by atoms with Gasteiger partial charge in [-0.1, -0.05) is 52.3 Å². The molecule has 2 aliphatic carbocycles. The lowest BCUT2D eigenvalue weighted by Crippen LogP contribution is -2.52. The molecule has 4 heteroatoms. The Morgan fingerprint density at radius 1 is 1.23 bits per heavy atom. The summed E-state index contributed by atoms with van der Waals surface area (Å²) in [5, 5.41) is 13.6. The van der Waals surface area contributed by atoms with Crippen molar-refractivity contribution in [3.63, 3.8) is 0 Å². The van der Waals surface area contributed by atoms with Crippen LogP contribution >= 0.6 is 11.6 Å². The molecule has 3 aliphatic rings. The van der Waals surface area contributed by atoms with Gasteiger partial charge in [0.1, 0.15) is 0 Å². The number of rotatable bonds is 8. The molecule has 30 heavy (non-hydrogen) atoms. The molecule has 2 N–H and O–H groups in total. The Morgan fingerprint density at radius 3 is 2.63 bits per heavy atom. The number of likely N-dealkylation sites (tertiary alicyclic amines) is 1. The number of hydrogen-bond acceptors (Lipinski definition) is 3. The third kappa shape index (κ3) is 6.58. The minimum Gasteiger partial charge on any atom is -0.396 e. The molecule has 2 unspecified atom stereocenters. The van der Waals surface area contributed by atoms with Gasteiger partial charge < -0.3 is 15.3 Å². The molecule has 1 heterocycles. The molecule has 0 aromatic heterocycles. The Hall–Kier alpha value is -0.350. The van der Waals surface area contributed by atoms with Crippen molar-refractivity contribution in [2.45, 2.75) is 77.6 Å². The number of nitrogens with one attached hydrogen (secondary N) is 1. The zero-order chi connectivity index (χ0) is 21.7. The Kier molecular flexibility index (Phi) is 8.90. The van der Waals surface area contributed by atoms with Crippen LogP contribution in [0, 0.1) is 29.1 Å². The van der Waals surface area contributed by atoms with Crippen LogP contribution in [0.2, 0.25) is 0 Å². The lowest BCUT2D eigenvalue weighted by Gasteiger charge is -2.46. The summed E-state index contributed by atoms with van der Waals surface area (Å²) in [6.45, 7) is 14.6. The molecule has 1 saturated carbocycles. The fourth-order valence-electron chi connectivity index (χ4n) is 5.97. The molecule has 3 nitrogen and oxygen atoms in total. The molecule has 0 bridgehead atoms. The summed E-state index contributed by atoms with van der Waals surface area (Å²) in [5.41, 5.74) is 1.79. The number of halogens is 1. The van der Waals surface area contributed by atoms with E-state index in [0.29, 0.717) is 30.4 Å². The number of aliphatic hydroxyl groups excluding tert-OH is 1. The van der Waals surface area contributed by atoms with Gasteiger partial charge >= 0.3 is 0 Å². The van der Waals surface area contributed by atoms with Crippen molar-refractivity contribution in [3.8, 4) is 0 Å².